The Labute approximate surface area is 294 Å². The van der Waals surface area contributed by atoms with Crippen molar-refractivity contribution in [2.24, 2.45) is 0 Å². The number of benzene rings is 9. The summed E-state index contributed by atoms with van der Waals surface area (Å²) in [5.74, 6) is 0. The molecule has 1 nitrogen and oxygen atoms in total. The van der Waals surface area contributed by atoms with Crippen molar-refractivity contribution in [3.05, 3.63) is 188 Å². The fraction of sp³-hybridized carbons (Fsp3) is 0. The van der Waals surface area contributed by atoms with Gasteiger partial charge in [-0.3, -0.25) is 0 Å². The van der Waals surface area contributed by atoms with Crippen LogP contribution >= 0.6 is 11.3 Å². The Bertz CT molecular complexity index is 2860. The summed E-state index contributed by atoms with van der Waals surface area (Å²) in [6, 6.07) is 68.7. The average molecular weight is 654 g/mol. The molecule has 0 fully saturated rings. The fourth-order valence-corrected chi connectivity index (χ4v) is 8.87. The molecule has 0 aliphatic heterocycles. The van der Waals surface area contributed by atoms with Gasteiger partial charge in [0.25, 0.3) is 0 Å². The summed E-state index contributed by atoms with van der Waals surface area (Å²) < 4.78 is 2.63. The number of fused-ring (bicyclic) bond motifs is 7. The maximum absolute atomic E-state index is 2.44. The van der Waals surface area contributed by atoms with Crippen molar-refractivity contribution < 1.29 is 0 Å². The van der Waals surface area contributed by atoms with Crippen molar-refractivity contribution in [2.75, 3.05) is 4.90 Å². The second-order valence-electron chi connectivity index (χ2n) is 12.9. The molecule has 0 saturated heterocycles. The van der Waals surface area contributed by atoms with Crippen LogP contribution in [0.15, 0.2) is 188 Å². The second-order valence-corrected chi connectivity index (χ2v) is 14.0. The molecule has 0 aliphatic rings. The first-order chi connectivity index (χ1) is 24.8. The van der Waals surface area contributed by atoms with E-state index in [-0.39, 0.29) is 0 Å². The van der Waals surface area contributed by atoms with Crippen LogP contribution in [0.2, 0.25) is 0 Å². The van der Waals surface area contributed by atoms with E-state index in [0.717, 1.165) is 17.1 Å². The van der Waals surface area contributed by atoms with Gasteiger partial charge in [-0.25, -0.2) is 0 Å². The summed E-state index contributed by atoms with van der Waals surface area (Å²) >= 11 is 1.89. The molecule has 1 aromatic heterocycles. The number of rotatable bonds is 5. The van der Waals surface area contributed by atoms with Gasteiger partial charge in [-0.2, -0.15) is 0 Å². The maximum atomic E-state index is 2.44. The molecule has 0 amide bonds. The number of nitrogens with zero attached hydrogens (tertiary/aromatic N) is 1. The molecule has 0 radical (unpaired) electrons. The molecule has 0 atom stereocenters. The highest BCUT2D eigenvalue weighted by Gasteiger charge is 2.19. The predicted molar refractivity (Wildman–Crippen MR) is 217 cm³/mol. The van der Waals surface area contributed by atoms with E-state index in [1.807, 2.05) is 11.3 Å². The minimum absolute atomic E-state index is 1.13. The van der Waals surface area contributed by atoms with Gasteiger partial charge < -0.3 is 4.90 Å². The SMILES string of the molecule is c1ccc(-c2ccc(N(c3ccc4sc5c6ccccc6c(-c6cccc7ccccc67)cc5c4c3)c3cccc4ccccc34)cc2)cc1. The lowest BCUT2D eigenvalue weighted by Gasteiger charge is -2.27. The van der Waals surface area contributed by atoms with Gasteiger partial charge in [0, 0.05) is 42.3 Å². The largest absolute Gasteiger partial charge is 0.310 e. The highest BCUT2D eigenvalue weighted by molar-refractivity contribution is 7.26. The average Bonchev–Trinajstić information content (AvgIpc) is 3.56. The van der Waals surface area contributed by atoms with E-state index < -0.39 is 0 Å². The molecule has 0 unspecified atom stereocenters. The van der Waals surface area contributed by atoms with Gasteiger partial charge in [0.2, 0.25) is 0 Å². The number of anilines is 3. The third-order valence-corrected chi connectivity index (χ3v) is 11.3. The normalized spacial score (nSPS) is 11.6. The molecule has 1 heterocycles. The van der Waals surface area contributed by atoms with Crippen LogP contribution in [0.1, 0.15) is 0 Å². The van der Waals surface area contributed by atoms with Crippen molar-refractivity contribution in [1.82, 2.24) is 0 Å². The number of hydrogen-bond donors (Lipinski definition) is 0. The van der Waals surface area contributed by atoms with Crippen LogP contribution in [0, 0.1) is 0 Å². The zero-order valence-corrected chi connectivity index (χ0v) is 28.1. The summed E-state index contributed by atoms with van der Waals surface area (Å²) in [5, 5.41) is 10.2. The summed E-state index contributed by atoms with van der Waals surface area (Å²) in [7, 11) is 0. The Hall–Kier alpha value is -6.22. The van der Waals surface area contributed by atoms with Crippen molar-refractivity contribution >= 4 is 80.9 Å². The standard InChI is InChI=1S/C48H31NS/c1-2-12-32(13-3-1)33-24-26-36(27-25-33)49(46-23-11-17-35-15-5-7-19-39(35)46)37-28-29-47-44(30-37)45-31-43(41-20-8-9-21-42(41)48(45)50-47)40-22-10-16-34-14-4-6-18-38(34)40/h1-31H. The molecule has 0 saturated carbocycles. The van der Waals surface area contributed by atoms with Crippen molar-refractivity contribution in [1.29, 1.82) is 0 Å². The van der Waals surface area contributed by atoms with Crippen LogP contribution in [0.3, 0.4) is 0 Å². The van der Waals surface area contributed by atoms with Crippen LogP contribution in [-0.2, 0) is 0 Å². The molecule has 50 heavy (non-hydrogen) atoms. The zero-order valence-electron chi connectivity index (χ0n) is 27.3. The first kappa shape index (κ1) is 28.8. The molecule has 10 rings (SSSR count). The van der Waals surface area contributed by atoms with E-state index in [0.29, 0.717) is 0 Å². The van der Waals surface area contributed by atoms with Gasteiger partial charge in [-0.15, -0.1) is 11.3 Å². The lowest BCUT2D eigenvalue weighted by atomic mass is 9.92. The van der Waals surface area contributed by atoms with E-state index in [4.69, 9.17) is 0 Å². The Balaban J connectivity index is 1.22. The number of hydrogen-bond acceptors (Lipinski definition) is 2. The van der Waals surface area contributed by atoms with E-state index in [1.54, 1.807) is 0 Å². The summed E-state index contributed by atoms with van der Waals surface area (Å²) in [5.41, 5.74) is 8.40. The monoisotopic (exact) mass is 653 g/mol. The van der Waals surface area contributed by atoms with E-state index in [2.05, 4.69) is 193 Å². The van der Waals surface area contributed by atoms with Crippen LogP contribution in [0.5, 0.6) is 0 Å². The van der Waals surface area contributed by atoms with Gasteiger partial charge >= 0.3 is 0 Å². The molecule has 2 heteroatoms. The van der Waals surface area contributed by atoms with Crippen LogP contribution in [-0.4, -0.2) is 0 Å². The molecule has 10 aromatic rings. The lowest BCUT2D eigenvalue weighted by Crippen LogP contribution is -2.10. The lowest BCUT2D eigenvalue weighted by molar-refractivity contribution is 1.30. The Morgan fingerprint density at radius 3 is 1.74 bits per heavy atom. The number of thiophene rings is 1. The highest BCUT2D eigenvalue weighted by atomic mass is 32.1. The smallest absolute Gasteiger partial charge is 0.0540 e. The summed E-state index contributed by atoms with van der Waals surface area (Å²) in [6.45, 7) is 0. The highest BCUT2D eigenvalue weighted by Crippen LogP contribution is 2.47. The Kier molecular flexibility index (Phi) is 6.75. The third kappa shape index (κ3) is 4.69. The second kappa shape index (κ2) is 11.7. The molecule has 0 spiro atoms. The van der Waals surface area contributed by atoms with Crippen molar-refractivity contribution in [3.63, 3.8) is 0 Å². The van der Waals surface area contributed by atoms with Crippen molar-refractivity contribution in [3.8, 4) is 22.3 Å². The van der Waals surface area contributed by atoms with Crippen LogP contribution < -0.4 is 4.90 Å². The molecular weight excluding hydrogens is 623 g/mol. The van der Waals surface area contributed by atoms with Crippen molar-refractivity contribution in [2.45, 2.75) is 0 Å². The molecule has 234 valence electrons. The van der Waals surface area contributed by atoms with Gasteiger partial charge in [-0.1, -0.05) is 146 Å². The van der Waals surface area contributed by atoms with E-state index >= 15 is 0 Å². The molecule has 0 N–H and O–H groups in total. The molecule has 9 aromatic carbocycles. The zero-order chi connectivity index (χ0) is 33.0. The van der Waals surface area contributed by atoms with E-state index in [1.165, 1.54) is 74.7 Å². The first-order valence-electron chi connectivity index (χ1n) is 17.1. The third-order valence-electron chi connectivity index (χ3n) is 10.0. The minimum atomic E-state index is 1.13. The Morgan fingerprint density at radius 1 is 0.340 bits per heavy atom. The molecule has 0 bridgehead atoms. The topological polar surface area (TPSA) is 3.24 Å². The van der Waals surface area contributed by atoms with Crippen LogP contribution in [0.4, 0.5) is 17.1 Å². The fourth-order valence-electron chi connectivity index (χ4n) is 7.67. The predicted octanol–water partition coefficient (Wildman–Crippen LogP) is 14.3. The molecular formula is C48H31NS. The Morgan fingerprint density at radius 2 is 0.940 bits per heavy atom. The first-order valence-corrected chi connectivity index (χ1v) is 17.9. The van der Waals surface area contributed by atoms with E-state index in [9.17, 15) is 0 Å². The van der Waals surface area contributed by atoms with Gasteiger partial charge in [0.15, 0.2) is 0 Å². The summed E-state index contributed by atoms with van der Waals surface area (Å²) in [6.07, 6.45) is 0. The minimum Gasteiger partial charge on any atom is -0.310 e. The van der Waals surface area contributed by atoms with Gasteiger partial charge in [0.05, 0.1) is 5.69 Å². The van der Waals surface area contributed by atoms with Gasteiger partial charge in [-0.05, 0) is 86.3 Å². The quantitative estimate of drug-likeness (QED) is 0.179. The van der Waals surface area contributed by atoms with Crippen LogP contribution in [0.25, 0.3) is 74.7 Å². The summed E-state index contributed by atoms with van der Waals surface area (Å²) in [4.78, 5) is 2.42. The maximum Gasteiger partial charge on any atom is 0.0540 e. The molecule has 0 aliphatic carbocycles. The van der Waals surface area contributed by atoms with Gasteiger partial charge in [0.1, 0.15) is 0 Å².